The number of ether oxygens (including phenoxy) is 1. The van der Waals surface area contributed by atoms with Gasteiger partial charge in [-0.2, -0.15) is 4.99 Å². The van der Waals surface area contributed by atoms with Crippen molar-refractivity contribution in [2.24, 2.45) is 4.99 Å². The molecule has 0 heterocycles. The number of carbonyl (C=O) groups excluding carboxylic acids is 1. The first-order valence-electron chi connectivity index (χ1n) is 6.47. The van der Waals surface area contributed by atoms with Crippen molar-refractivity contribution in [3.63, 3.8) is 0 Å². The molecule has 1 fully saturated rings. The third kappa shape index (κ3) is 1.95. The molecule has 0 aliphatic heterocycles. The standard InChI is InChI=1S/C15H19NO2/c1-4-18-14-12(3)11(2)6-7-13(14)15(16-10-17)8-5-9-15/h6-7H,4-5,8-9H2,1-3H3. The summed E-state index contributed by atoms with van der Waals surface area (Å²) in [6, 6.07) is 4.13. The predicted molar refractivity (Wildman–Crippen MR) is 70.7 cm³/mol. The van der Waals surface area contributed by atoms with E-state index in [4.69, 9.17) is 4.74 Å². The van der Waals surface area contributed by atoms with Crippen molar-refractivity contribution in [3.8, 4) is 5.75 Å². The second-order valence-electron chi connectivity index (χ2n) is 4.91. The monoisotopic (exact) mass is 245 g/mol. The molecule has 0 atom stereocenters. The quantitative estimate of drug-likeness (QED) is 0.602. The topological polar surface area (TPSA) is 38.7 Å². The first kappa shape index (κ1) is 12.8. The second-order valence-corrected chi connectivity index (χ2v) is 4.91. The Morgan fingerprint density at radius 2 is 2.11 bits per heavy atom. The summed E-state index contributed by atoms with van der Waals surface area (Å²) in [5, 5.41) is 0. The lowest BCUT2D eigenvalue weighted by atomic mass is 9.71. The van der Waals surface area contributed by atoms with Crippen LogP contribution in [0.15, 0.2) is 17.1 Å². The van der Waals surface area contributed by atoms with E-state index in [-0.39, 0.29) is 5.54 Å². The third-order valence-electron chi connectivity index (χ3n) is 3.91. The normalized spacial score (nSPS) is 16.6. The van der Waals surface area contributed by atoms with Gasteiger partial charge < -0.3 is 4.74 Å². The van der Waals surface area contributed by atoms with Crippen LogP contribution < -0.4 is 4.74 Å². The molecule has 0 N–H and O–H groups in total. The Hall–Kier alpha value is -1.60. The van der Waals surface area contributed by atoms with Crippen LogP contribution in [0.2, 0.25) is 0 Å². The van der Waals surface area contributed by atoms with Gasteiger partial charge in [0.15, 0.2) is 0 Å². The fraction of sp³-hybridized carbons (Fsp3) is 0.533. The smallest absolute Gasteiger partial charge is 0.235 e. The van der Waals surface area contributed by atoms with Crippen molar-refractivity contribution in [3.05, 3.63) is 28.8 Å². The minimum atomic E-state index is -0.384. The largest absolute Gasteiger partial charge is 0.493 e. The van der Waals surface area contributed by atoms with Crippen LogP contribution in [0.5, 0.6) is 5.75 Å². The molecule has 1 saturated carbocycles. The van der Waals surface area contributed by atoms with Crippen molar-refractivity contribution >= 4 is 6.08 Å². The highest BCUT2D eigenvalue weighted by atomic mass is 16.5. The van der Waals surface area contributed by atoms with Crippen LogP contribution in [-0.2, 0) is 10.3 Å². The number of nitrogens with zero attached hydrogens (tertiary/aromatic N) is 1. The zero-order valence-corrected chi connectivity index (χ0v) is 11.2. The molecule has 1 aromatic rings. The van der Waals surface area contributed by atoms with E-state index in [0.717, 1.165) is 36.1 Å². The fourth-order valence-corrected chi connectivity index (χ4v) is 2.53. The van der Waals surface area contributed by atoms with Crippen LogP contribution in [0.25, 0.3) is 0 Å². The van der Waals surface area contributed by atoms with Gasteiger partial charge >= 0.3 is 0 Å². The molecule has 1 aliphatic rings. The van der Waals surface area contributed by atoms with Gasteiger partial charge in [0.1, 0.15) is 11.3 Å². The molecule has 2 rings (SSSR count). The number of hydrogen-bond donors (Lipinski definition) is 0. The van der Waals surface area contributed by atoms with Gasteiger partial charge in [-0.05, 0) is 51.2 Å². The van der Waals surface area contributed by atoms with Crippen molar-refractivity contribution < 1.29 is 9.53 Å². The molecule has 0 radical (unpaired) electrons. The Morgan fingerprint density at radius 3 is 2.61 bits per heavy atom. The molecule has 1 aromatic carbocycles. The molecular formula is C15H19NO2. The van der Waals surface area contributed by atoms with Crippen molar-refractivity contribution in [2.45, 2.75) is 45.6 Å². The van der Waals surface area contributed by atoms with Crippen LogP contribution in [0.3, 0.4) is 0 Å². The molecule has 3 nitrogen and oxygen atoms in total. The Morgan fingerprint density at radius 1 is 1.39 bits per heavy atom. The number of hydrogen-bond acceptors (Lipinski definition) is 3. The van der Waals surface area contributed by atoms with E-state index in [9.17, 15) is 4.79 Å². The van der Waals surface area contributed by atoms with Gasteiger partial charge in [-0.15, -0.1) is 0 Å². The Bertz CT molecular complexity index is 497. The zero-order valence-electron chi connectivity index (χ0n) is 11.2. The van der Waals surface area contributed by atoms with Crippen LogP contribution in [0, 0.1) is 13.8 Å². The van der Waals surface area contributed by atoms with E-state index >= 15 is 0 Å². The maximum Gasteiger partial charge on any atom is 0.235 e. The molecule has 3 heteroatoms. The van der Waals surface area contributed by atoms with E-state index in [0.29, 0.717) is 6.61 Å². The summed E-state index contributed by atoms with van der Waals surface area (Å²) in [5.74, 6) is 0.899. The SMILES string of the molecule is CCOc1c(C2(N=C=O)CCC2)ccc(C)c1C. The molecule has 0 unspecified atom stereocenters. The summed E-state index contributed by atoms with van der Waals surface area (Å²) in [4.78, 5) is 14.7. The van der Waals surface area contributed by atoms with Crippen molar-refractivity contribution in [1.82, 2.24) is 0 Å². The minimum absolute atomic E-state index is 0.384. The number of aryl methyl sites for hydroxylation is 1. The van der Waals surface area contributed by atoms with Gasteiger partial charge in [-0.1, -0.05) is 12.1 Å². The fourth-order valence-electron chi connectivity index (χ4n) is 2.53. The van der Waals surface area contributed by atoms with Gasteiger partial charge in [0.2, 0.25) is 6.08 Å². The first-order chi connectivity index (χ1) is 8.64. The lowest BCUT2D eigenvalue weighted by Gasteiger charge is -2.38. The summed E-state index contributed by atoms with van der Waals surface area (Å²) in [6.45, 7) is 6.72. The predicted octanol–water partition coefficient (Wildman–Crippen LogP) is 3.42. The van der Waals surface area contributed by atoms with Gasteiger partial charge in [0.05, 0.1) is 6.61 Å². The Balaban J connectivity index is 2.56. The average molecular weight is 245 g/mol. The molecule has 1 aliphatic carbocycles. The first-order valence-corrected chi connectivity index (χ1v) is 6.47. The number of aliphatic imine (C=N–C) groups is 1. The molecule has 0 bridgehead atoms. The van der Waals surface area contributed by atoms with E-state index in [2.05, 4.69) is 24.9 Å². The number of benzene rings is 1. The summed E-state index contributed by atoms with van der Waals surface area (Å²) in [7, 11) is 0. The minimum Gasteiger partial charge on any atom is -0.493 e. The molecule has 0 saturated heterocycles. The number of rotatable bonds is 4. The van der Waals surface area contributed by atoms with Gasteiger partial charge in [0.25, 0.3) is 0 Å². The maximum absolute atomic E-state index is 10.7. The summed E-state index contributed by atoms with van der Waals surface area (Å²) < 4.78 is 5.79. The molecule has 0 amide bonds. The summed E-state index contributed by atoms with van der Waals surface area (Å²) >= 11 is 0. The van der Waals surface area contributed by atoms with E-state index in [1.165, 1.54) is 5.56 Å². The van der Waals surface area contributed by atoms with Crippen LogP contribution >= 0.6 is 0 Å². The maximum atomic E-state index is 10.7. The zero-order chi connectivity index (χ0) is 13.2. The second kappa shape index (κ2) is 4.95. The van der Waals surface area contributed by atoms with Gasteiger partial charge in [0, 0.05) is 5.56 Å². The van der Waals surface area contributed by atoms with Crippen molar-refractivity contribution in [1.29, 1.82) is 0 Å². The highest BCUT2D eigenvalue weighted by molar-refractivity contribution is 5.51. The third-order valence-corrected chi connectivity index (χ3v) is 3.91. The lowest BCUT2D eigenvalue weighted by Crippen LogP contribution is -2.32. The van der Waals surface area contributed by atoms with E-state index in [1.807, 2.05) is 13.0 Å². The average Bonchev–Trinajstić information content (AvgIpc) is 2.31. The highest BCUT2D eigenvalue weighted by Gasteiger charge is 2.41. The van der Waals surface area contributed by atoms with Gasteiger partial charge in [-0.3, -0.25) is 0 Å². The highest BCUT2D eigenvalue weighted by Crippen LogP contribution is 2.49. The molecule has 0 spiro atoms. The molecule has 18 heavy (non-hydrogen) atoms. The molecular weight excluding hydrogens is 226 g/mol. The number of isocyanates is 1. The molecule has 0 aromatic heterocycles. The van der Waals surface area contributed by atoms with Crippen LogP contribution in [-0.4, -0.2) is 12.7 Å². The van der Waals surface area contributed by atoms with E-state index < -0.39 is 0 Å². The van der Waals surface area contributed by atoms with Crippen LogP contribution in [0.1, 0.15) is 42.9 Å². The van der Waals surface area contributed by atoms with Crippen LogP contribution in [0.4, 0.5) is 0 Å². The van der Waals surface area contributed by atoms with Crippen molar-refractivity contribution in [2.75, 3.05) is 6.61 Å². The lowest BCUT2D eigenvalue weighted by molar-refractivity contribution is 0.239. The van der Waals surface area contributed by atoms with Gasteiger partial charge in [-0.25, -0.2) is 4.79 Å². The summed E-state index contributed by atoms with van der Waals surface area (Å²) in [6.07, 6.45) is 4.65. The summed E-state index contributed by atoms with van der Waals surface area (Å²) in [5.41, 5.74) is 3.00. The van der Waals surface area contributed by atoms with E-state index in [1.54, 1.807) is 6.08 Å². The Kier molecular flexibility index (Phi) is 3.53. The molecule has 96 valence electrons. The Labute approximate surface area is 108 Å².